The lowest BCUT2D eigenvalue weighted by Crippen LogP contribution is -2.23. The van der Waals surface area contributed by atoms with E-state index in [1.165, 1.54) is 34.0 Å². The van der Waals surface area contributed by atoms with Crippen molar-refractivity contribution < 1.29 is 4.74 Å². The predicted octanol–water partition coefficient (Wildman–Crippen LogP) is 6.84. The number of allylic oxidation sites excluding steroid dienone is 3. The maximum Gasteiger partial charge on any atom is 0.144 e. The normalized spacial score (nSPS) is 18.9. The van der Waals surface area contributed by atoms with Crippen molar-refractivity contribution in [2.45, 2.75) is 78.6 Å². The van der Waals surface area contributed by atoms with Crippen molar-refractivity contribution in [3.8, 4) is 5.75 Å². The molecule has 170 valence electrons. The van der Waals surface area contributed by atoms with Gasteiger partial charge in [-0.1, -0.05) is 40.7 Å². The summed E-state index contributed by atoms with van der Waals surface area (Å²) in [5.41, 5.74) is 14.7. The fourth-order valence-corrected chi connectivity index (χ4v) is 4.35. The maximum absolute atomic E-state index is 6.12. The van der Waals surface area contributed by atoms with Gasteiger partial charge in [0.1, 0.15) is 11.2 Å². The third-order valence-corrected chi connectivity index (χ3v) is 6.53. The van der Waals surface area contributed by atoms with Gasteiger partial charge in [0.15, 0.2) is 0 Å². The molecule has 31 heavy (non-hydrogen) atoms. The van der Waals surface area contributed by atoms with Crippen molar-refractivity contribution in [1.82, 2.24) is 0 Å². The molecule has 0 aliphatic carbocycles. The average molecular weight is 442 g/mol. The number of aliphatic imine (C=N–C) groups is 2. The number of methoxy groups -OCH3 is 1. The van der Waals surface area contributed by atoms with Crippen LogP contribution in [0.3, 0.4) is 0 Å². The molecule has 1 heterocycles. The monoisotopic (exact) mass is 441 g/mol. The lowest BCUT2D eigenvalue weighted by molar-refractivity contribution is 0.406. The van der Waals surface area contributed by atoms with Gasteiger partial charge in [-0.25, -0.2) is 0 Å². The second-order valence-corrected chi connectivity index (χ2v) is 9.40. The van der Waals surface area contributed by atoms with Crippen molar-refractivity contribution in [2.75, 3.05) is 13.4 Å². The molecule has 4 nitrogen and oxygen atoms in total. The topological polar surface area (TPSA) is 60.0 Å². The summed E-state index contributed by atoms with van der Waals surface area (Å²) >= 11 is 1.53. The Labute approximate surface area is 193 Å². The van der Waals surface area contributed by atoms with Crippen LogP contribution in [-0.2, 0) is 0 Å². The van der Waals surface area contributed by atoms with Crippen LogP contribution in [0, 0.1) is 6.92 Å². The second kappa shape index (κ2) is 11.1. The van der Waals surface area contributed by atoms with Crippen LogP contribution in [0.2, 0.25) is 0 Å². The molecule has 0 spiro atoms. The highest BCUT2D eigenvalue weighted by molar-refractivity contribution is 7.99. The van der Waals surface area contributed by atoms with Crippen molar-refractivity contribution in [3.05, 3.63) is 46.0 Å². The highest BCUT2D eigenvalue weighted by Crippen LogP contribution is 2.42. The molecule has 2 unspecified atom stereocenters. The molecule has 2 N–H and O–H groups in total. The fraction of sp³-hybridized carbons (Fsp3) is 0.538. The van der Waals surface area contributed by atoms with E-state index in [0.717, 1.165) is 41.3 Å². The summed E-state index contributed by atoms with van der Waals surface area (Å²) in [5.74, 6) is 1.71. The molecule has 2 atom stereocenters. The highest BCUT2D eigenvalue weighted by Gasteiger charge is 2.26. The standard InChI is InChI=1S/C26H39N3OS/c1-10-12-19-13-21(28-18(7)25(19)29-26(27)31-9)24-17(6)20(16(5)11-2)14-22(30-8)23(24)15(3)4/h12-16,26H,10-11,27H2,1-9H3/b19-12-,29-25?. The molecular formula is C26H39N3OS. The highest BCUT2D eigenvalue weighted by atomic mass is 32.2. The van der Waals surface area contributed by atoms with Crippen molar-refractivity contribution in [2.24, 2.45) is 15.7 Å². The van der Waals surface area contributed by atoms with Gasteiger partial charge in [-0.2, -0.15) is 0 Å². The summed E-state index contributed by atoms with van der Waals surface area (Å²) in [5, 5.41) is 0. The zero-order chi connectivity index (χ0) is 23.3. The Morgan fingerprint density at radius 3 is 2.42 bits per heavy atom. The van der Waals surface area contributed by atoms with Crippen LogP contribution in [0.1, 0.15) is 88.5 Å². The predicted molar refractivity (Wildman–Crippen MR) is 139 cm³/mol. The molecule has 0 bridgehead atoms. The van der Waals surface area contributed by atoms with Crippen LogP contribution in [0.5, 0.6) is 5.75 Å². The van der Waals surface area contributed by atoms with E-state index in [-0.39, 0.29) is 5.50 Å². The zero-order valence-corrected chi connectivity index (χ0v) is 21.5. The van der Waals surface area contributed by atoms with Gasteiger partial charge in [-0.3, -0.25) is 9.98 Å². The SMILES string of the molecule is CC/C=C1/C=C(c2c(C)c(C(C)CC)cc(OC)c2C(C)C)N=C(C)C1=NC(N)SC. The number of hydrogen-bond acceptors (Lipinski definition) is 5. The Morgan fingerprint density at radius 1 is 1.23 bits per heavy atom. The second-order valence-electron chi connectivity index (χ2n) is 8.44. The van der Waals surface area contributed by atoms with Crippen LogP contribution in [0.25, 0.3) is 5.70 Å². The number of benzene rings is 1. The fourth-order valence-electron chi connectivity index (χ4n) is 4.14. The molecule has 0 radical (unpaired) electrons. The molecule has 1 aliphatic rings. The number of hydrogen-bond donors (Lipinski definition) is 1. The van der Waals surface area contributed by atoms with Crippen molar-refractivity contribution in [3.63, 3.8) is 0 Å². The Kier molecular flexibility index (Phi) is 9.14. The van der Waals surface area contributed by atoms with Crippen LogP contribution >= 0.6 is 11.8 Å². The van der Waals surface area contributed by atoms with E-state index in [4.69, 9.17) is 20.5 Å². The lowest BCUT2D eigenvalue weighted by Gasteiger charge is -2.26. The average Bonchev–Trinajstić information content (AvgIpc) is 2.74. The minimum absolute atomic E-state index is 0.294. The third kappa shape index (κ3) is 5.50. The van der Waals surface area contributed by atoms with Gasteiger partial charge < -0.3 is 10.5 Å². The first-order chi connectivity index (χ1) is 14.7. The lowest BCUT2D eigenvalue weighted by atomic mass is 9.83. The molecule has 5 heteroatoms. The van der Waals surface area contributed by atoms with Crippen LogP contribution in [-0.4, -0.2) is 30.3 Å². The van der Waals surface area contributed by atoms with Gasteiger partial charge >= 0.3 is 0 Å². The summed E-state index contributed by atoms with van der Waals surface area (Å²) in [7, 11) is 1.77. The van der Waals surface area contributed by atoms with E-state index < -0.39 is 0 Å². The summed E-state index contributed by atoms with van der Waals surface area (Å²) in [6, 6.07) is 2.23. The Morgan fingerprint density at radius 2 is 1.90 bits per heavy atom. The smallest absolute Gasteiger partial charge is 0.144 e. The molecule has 2 rings (SSSR count). The first-order valence-electron chi connectivity index (χ1n) is 11.3. The van der Waals surface area contributed by atoms with Gasteiger partial charge in [0.2, 0.25) is 0 Å². The van der Waals surface area contributed by atoms with Crippen LogP contribution in [0.4, 0.5) is 0 Å². The van der Waals surface area contributed by atoms with Gasteiger partial charge in [0, 0.05) is 11.1 Å². The molecule has 0 amide bonds. The van der Waals surface area contributed by atoms with Gasteiger partial charge in [-0.05, 0) is 73.6 Å². The number of nitrogens with zero attached hydrogens (tertiary/aromatic N) is 2. The molecule has 0 saturated carbocycles. The van der Waals surface area contributed by atoms with Crippen LogP contribution in [0.15, 0.2) is 33.8 Å². The molecule has 1 aromatic carbocycles. The van der Waals surface area contributed by atoms with Gasteiger partial charge in [-0.15, -0.1) is 11.8 Å². The molecular weight excluding hydrogens is 402 g/mol. The van der Waals surface area contributed by atoms with E-state index >= 15 is 0 Å². The first kappa shape index (κ1) is 25.4. The van der Waals surface area contributed by atoms with Gasteiger partial charge in [0.05, 0.1) is 24.2 Å². The largest absolute Gasteiger partial charge is 0.496 e. The molecule has 0 fully saturated rings. The maximum atomic E-state index is 6.12. The minimum atomic E-state index is -0.294. The first-order valence-corrected chi connectivity index (χ1v) is 12.5. The van der Waals surface area contributed by atoms with Gasteiger partial charge in [0.25, 0.3) is 0 Å². The summed E-state index contributed by atoms with van der Waals surface area (Å²) in [6.07, 6.45) is 8.36. The zero-order valence-electron chi connectivity index (χ0n) is 20.7. The molecule has 0 aromatic heterocycles. The Balaban J connectivity index is 2.84. The molecule has 1 aliphatic heterocycles. The summed E-state index contributed by atoms with van der Waals surface area (Å²) in [6.45, 7) is 15.3. The number of nitrogens with two attached hydrogens (primary N) is 1. The Bertz CT molecular complexity index is 925. The number of ether oxygens (including phenoxy) is 1. The van der Waals surface area contributed by atoms with E-state index in [9.17, 15) is 0 Å². The minimum Gasteiger partial charge on any atom is -0.496 e. The van der Waals surface area contributed by atoms with E-state index in [1.54, 1.807) is 7.11 Å². The van der Waals surface area contributed by atoms with E-state index in [1.807, 2.05) is 13.2 Å². The van der Waals surface area contributed by atoms with E-state index in [0.29, 0.717) is 11.8 Å². The summed E-state index contributed by atoms with van der Waals surface area (Å²) in [4.78, 5) is 9.77. The van der Waals surface area contributed by atoms with Crippen LogP contribution < -0.4 is 10.5 Å². The Hall–Kier alpha value is -1.85. The molecule has 1 aromatic rings. The van der Waals surface area contributed by atoms with Crippen molar-refractivity contribution in [1.29, 1.82) is 0 Å². The summed E-state index contributed by atoms with van der Waals surface area (Å²) < 4.78 is 5.88. The number of rotatable bonds is 8. The van der Waals surface area contributed by atoms with Crippen molar-refractivity contribution >= 4 is 28.9 Å². The third-order valence-electron chi connectivity index (χ3n) is 5.94. The van der Waals surface area contributed by atoms with E-state index in [2.05, 4.69) is 59.8 Å². The quantitative estimate of drug-likeness (QED) is 0.449. The number of thioether (sulfide) groups is 1. The molecule has 0 saturated heterocycles.